The molecule has 0 fully saturated rings. The third-order valence-corrected chi connectivity index (χ3v) is 0.274. The maximum atomic E-state index is 7.90. The predicted molar refractivity (Wildman–Crippen MR) is 40.0 cm³/mol. The van der Waals surface area contributed by atoms with E-state index in [4.69, 9.17) is 28.5 Å². The number of hydrogen-bond acceptors (Lipinski definition) is 2. The van der Waals surface area contributed by atoms with E-state index in [2.05, 4.69) is 4.89 Å². The van der Waals surface area contributed by atoms with Gasteiger partial charge in [0.2, 0.25) is 0 Å². The van der Waals surface area contributed by atoms with Crippen LogP contribution in [0.3, 0.4) is 0 Å². The SMILES string of the molecule is CC(C)(C)OO.ClCCl. The summed E-state index contributed by atoms with van der Waals surface area (Å²) in [5, 5.41) is 8.10. The second-order valence-corrected chi connectivity index (χ2v) is 3.11. The summed E-state index contributed by atoms with van der Waals surface area (Å²) >= 11 is 9.53. The summed E-state index contributed by atoms with van der Waals surface area (Å²) in [6.07, 6.45) is 0. The Balaban J connectivity index is 0. The fourth-order valence-electron chi connectivity index (χ4n) is 0. The van der Waals surface area contributed by atoms with Crippen molar-refractivity contribution in [2.24, 2.45) is 0 Å². The highest BCUT2D eigenvalue weighted by molar-refractivity contribution is 6.40. The highest BCUT2D eigenvalue weighted by atomic mass is 35.5. The minimum atomic E-state index is -0.403. The van der Waals surface area contributed by atoms with E-state index in [9.17, 15) is 0 Å². The molecule has 0 aromatic carbocycles. The van der Waals surface area contributed by atoms with E-state index in [1.165, 1.54) is 0 Å². The number of halogens is 2. The Morgan fingerprint density at radius 1 is 1.33 bits per heavy atom. The van der Waals surface area contributed by atoms with E-state index in [1.807, 2.05) is 0 Å². The molecule has 0 bridgehead atoms. The minimum Gasteiger partial charge on any atom is -0.251 e. The summed E-state index contributed by atoms with van der Waals surface area (Å²) in [4.78, 5) is 3.94. The van der Waals surface area contributed by atoms with E-state index < -0.39 is 5.60 Å². The van der Waals surface area contributed by atoms with Crippen LogP contribution < -0.4 is 0 Å². The molecular formula is C5H12Cl2O2. The molecule has 0 atom stereocenters. The van der Waals surface area contributed by atoms with Crippen molar-refractivity contribution in [3.63, 3.8) is 0 Å². The Morgan fingerprint density at radius 2 is 1.44 bits per heavy atom. The molecule has 9 heavy (non-hydrogen) atoms. The molecule has 0 unspecified atom stereocenters. The molecule has 0 aromatic heterocycles. The van der Waals surface area contributed by atoms with Crippen LogP contribution >= 0.6 is 23.2 Å². The quantitative estimate of drug-likeness (QED) is 0.348. The van der Waals surface area contributed by atoms with E-state index >= 15 is 0 Å². The average Bonchev–Trinajstić information content (AvgIpc) is 1.67. The van der Waals surface area contributed by atoms with Gasteiger partial charge in [-0.1, -0.05) is 0 Å². The molecule has 58 valence electrons. The topological polar surface area (TPSA) is 29.5 Å². The van der Waals surface area contributed by atoms with Crippen LogP contribution in [-0.4, -0.2) is 16.2 Å². The third-order valence-electron chi connectivity index (χ3n) is 0.274. The molecular weight excluding hydrogens is 163 g/mol. The molecule has 0 heterocycles. The normalized spacial score (nSPS) is 10.0. The lowest BCUT2D eigenvalue weighted by Gasteiger charge is -2.10. The standard InChI is InChI=1S/C4H10O2.CH2Cl2/c1-4(2,3)6-5;2-1-3/h5H,1-3H3;1H2. The molecule has 0 aliphatic rings. The van der Waals surface area contributed by atoms with Gasteiger partial charge >= 0.3 is 0 Å². The van der Waals surface area contributed by atoms with Gasteiger partial charge in [0.25, 0.3) is 0 Å². The van der Waals surface area contributed by atoms with E-state index in [1.54, 1.807) is 20.8 Å². The van der Waals surface area contributed by atoms with Gasteiger partial charge in [-0.05, 0) is 20.8 Å². The first-order valence-corrected chi connectivity index (χ1v) is 3.49. The zero-order valence-corrected chi connectivity index (χ0v) is 7.33. The Kier molecular flexibility index (Phi) is 8.97. The van der Waals surface area contributed by atoms with Gasteiger partial charge in [0.15, 0.2) is 0 Å². The summed E-state index contributed by atoms with van der Waals surface area (Å²) in [7, 11) is 0. The second kappa shape index (κ2) is 6.62. The monoisotopic (exact) mass is 174 g/mol. The first-order chi connectivity index (χ1) is 3.97. The van der Waals surface area contributed by atoms with Crippen molar-refractivity contribution in [3.05, 3.63) is 0 Å². The van der Waals surface area contributed by atoms with Gasteiger partial charge in [-0.3, -0.25) is 5.26 Å². The van der Waals surface area contributed by atoms with Crippen LogP contribution in [0.2, 0.25) is 0 Å². The van der Waals surface area contributed by atoms with Crippen molar-refractivity contribution >= 4 is 23.2 Å². The van der Waals surface area contributed by atoms with Crippen molar-refractivity contribution in [2.75, 3.05) is 5.34 Å². The zero-order valence-electron chi connectivity index (χ0n) is 5.82. The largest absolute Gasteiger partial charge is 0.251 e. The van der Waals surface area contributed by atoms with Gasteiger partial charge in [-0.2, -0.15) is 0 Å². The van der Waals surface area contributed by atoms with Gasteiger partial charge in [0.1, 0.15) is 0 Å². The smallest absolute Gasteiger partial charge is 0.0967 e. The van der Waals surface area contributed by atoms with Gasteiger partial charge < -0.3 is 0 Å². The Labute approximate surface area is 65.6 Å². The predicted octanol–water partition coefficient (Wildman–Crippen LogP) is 2.70. The van der Waals surface area contributed by atoms with Crippen molar-refractivity contribution in [3.8, 4) is 0 Å². The lowest BCUT2D eigenvalue weighted by Crippen LogP contribution is -2.15. The first-order valence-electron chi connectivity index (χ1n) is 2.42. The third kappa shape index (κ3) is 29.3. The summed E-state index contributed by atoms with van der Waals surface area (Å²) < 4.78 is 0. The summed E-state index contributed by atoms with van der Waals surface area (Å²) in [6.45, 7) is 5.31. The van der Waals surface area contributed by atoms with E-state index in [0.29, 0.717) is 0 Å². The van der Waals surface area contributed by atoms with Crippen LogP contribution in [0.15, 0.2) is 0 Å². The summed E-state index contributed by atoms with van der Waals surface area (Å²) in [6, 6.07) is 0. The molecule has 0 aliphatic carbocycles. The molecule has 0 rings (SSSR count). The summed E-state index contributed by atoms with van der Waals surface area (Å²) in [5.41, 5.74) is -0.403. The Morgan fingerprint density at radius 3 is 1.44 bits per heavy atom. The fourth-order valence-corrected chi connectivity index (χ4v) is 0. The van der Waals surface area contributed by atoms with Crippen LogP contribution in [0.1, 0.15) is 20.8 Å². The number of rotatable bonds is 0. The van der Waals surface area contributed by atoms with Crippen molar-refractivity contribution in [1.29, 1.82) is 0 Å². The van der Waals surface area contributed by atoms with Crippen LogP contribution in [0, 0.1) is 0 Å². The fraction of sp³-hybridized carbons (Fsp3) is 1.00. The highest BCUT2D eigenvalue weighted by Crippen LogP contribution is 2.01. The molecule has 1 N–H and O–H groups in total. The number of alkyl halides is 2. The van der Waals surface area contributed by atoms with Crippen molar-refractivity contribution < 1.29 is 10.1 Å². The molecule has 2 nitrogen and oxygen atoms in total. The molecule has 0 aromatic rings. The molecule has 0 saturated heterocycles. The van der Waals surface area contributed by atoms with Gasteiger partial charge in [-0.25, -0.2) is 4.89 Å². The number of hydrogen-bond donors (Lipinski definition) is 1. The summed E-state index contributed by atoms with van der Waals surface area (Å²) in [5.74, 6) is 0. The zero-order chi connectivity index (χ0) is 7.91. The Hall–Kier alpha value is 0.500. The molecule has 0 radical (unpaired) electrons. The maximum absolute atomic E-state index is 7.90. The highest BCUT2D eigenvalue weighted by Gasteiger charge is 2.06. The molecule has 0 spiro atoms. The second-order valence-electron chi connectivity index (χ2n) is 2.30. The van der Waals surface area contributed by atoms with Crippen molar-refractivity contribution in [1.82, 2.24) is 0 Å². The lowest BCUT2D eigenvalue weighted by molar-refractivity contribution is -0.306. The maximum Gasteiger partial charge on any atom is 0.0967 e. The van der Waals surface area contributed by atoms with Crippen molar-refractivity contribution in [2.45, 2.75) is 26.4 Å². The molecule has 4 heteroatoms. The van der Waals surface area contributed by atoms with Crippen LogP contribution in [0.5, 0.6) is 0 Å². The first kappa shape index (κ1) is 12.2. The van der Waals surface area contributed by atoms with Crippen LogP contribution in [-0.2, 0) is 4.89 Å². The van der Waals surface area contributed by atoms with E-state index in [-0.39, 0.29) is 5.34 Å². The van der Waals surface area contributed by atoms with Crippen LogP contribution in [0.4, 0.5) is 0 Å². The average molecular weight is 175 g/mol. The van der Waals surface area contributed by atoms with E-state index in [0.717, 1.165) is 0 Å². The molecule has 0 saturated carbocycles. The van der Waals surface area contributed by atoms with Gasteiger partial charge in [-0.15, -0.1) is 23.2 Å². The molecule has 0 amide bonds. The van der Waals surface area contributed by atoms with Crippen LogP contribution in [0.25, 0.3) is 0 Å². The minimum absolute atomic E-state index is 0.194. The van der Waals surface area contributed by atoms with Gasteiger partial charge in [0.05, 0.1) is 10.9 Å². The lowest BCUT2D eigenvalue weighted by atomic mass is 10.2. The Bertz CT molecular complexity index is 51.4. The molecule has 0 aliphatic heterocycles. The van der Waals surface area contributed by atoms with Gasteiger partial charge in [0, 0.05) is 0 Å².